The third-order valence-corrected chi connectivity index (χ3v) is 6.26. The van der Waals surface area contributed by atoms with E-state index < -0.39 is 9.73 Å². The van der Waals surface area contributed by atoms with E-state index in [1.54, 1.807) is 30.7 Å². The zero-order valence-electron chi connectivity index (χ0n) is 17.4. The molecule has 5 aromatic rings. The van der Waals surface area contributed by atoms with E-state index in [9.17, 15) is 4.21 Å². The van der Waals surface area contributed by atoms with Crippen LogP contribution in [-0.4, -0.2) is 35.6 Å². The van der Waals surface area contributed by atoms with Gasteiger partial charge in [0, 0.05) is 41.4 Å². The summed E-state index contributed by atoms with van der Waals surface area (Å²) in [5, 5.41) is 8.57. The van der Waals surface area contributed by atoms with Crippen molar-refractivity contribution in [3.8, 4) is 17.0 Å². The molecule has 32 heavy (non-hydrogen) atoms. The van der Waals surface area contributed by atoms with Crippen LogP contribution in [0.15, 0.2) is 72.1 Å². The molecule has 2 atom stereocenters. The zero-order chi connectivity index (χ0) is 22.3. The van der Waals surface area contributed by atoms with Crippen LogP contribution in [0.1, 0.15) is 18.6 Å². The molecule has 0 bridgehead atoms. The maximum absolute atomic E-state index is 11.9. The Balaban J connectivity index is 1.48. The van der Waals surface area contributed by atoms with Crippen LogP contribution in [0, 0.1) is 4.78 Å². The third-order valence-electron chi connectivity index (χ3n) is 5.22. The van der Waals surface area contributed by atoms with E-state index in [0.29, 0.717) is 11.4 Å². The molecule has 8 nitrogen and oxygen atoms in total. The molecule has 9 heteroatoms. The number of hydrogen-bond acceptors (Lipinski definition) is 7. The highest BCUT2D eigenvalue weighted by molar-refractivity contribution is 7.91. The summed E-state index contributed by atoms with van der Waals surface area (Å²) < 4.78 is 25.8. The summed E-state index contributed by atoms with van der Waals surface area (Å²) in [6.45, 7) is 1.98. The summed E-state index contributed by atoms with van der Waals surface area (Å²) in [5.41, 5.74) is 4.94. The van der Waals surface area contributed by atoms with Crippen molar-refractivity contribution < 1.29 is 8.95 Å². The predicted octanol–water partition coefficient (Wildman–Crippen LogP) is 4.74. The van der Waals surface area contributed by atoms with Gasteiger partial charge in [-0.3, -0.25) is 15.1 Å². The summed E-state index contributed by atoms with van der Waals surface area (Å²) >= 11 is 0. The van der Waals surface area contributed by atoms with E-state index in [-0.39, 0.29) is 11.1 Å². The van der Waals surface area contributed by atoms with E-state index in [2.05, 4.69) is 25.1 Å². The van der Waals surface area contributed by atoms with E-state index >= 15 is 0 Å². The van der Waals surface area contributed by atoms with Gasteiger partial charge in [0.05, 0.1) is 26.3 Å². The number of pyridine rings is 1. The third kappa shape index (κ3) is 3.67. The van der Waals surface area contributed by atoms with Gasteiger partial charge in [-0.05, 0) is 43.3 Å². The van der Waals surface area contributed by atoms with Crippen LogP contribution in [-0.2, 0) is 9.73 Å². The molecular weight excluding hydrogens is 424 g/mol. The molecule has 0 amide bonds. The zero-order valence-corrected chi connectivity index (χ0v) is 18.3. The van der Waals surface area contributed by atoms with Crippen LogP contribution < -0.4 is 4.74 Å². The molecule has 0 spiro atoms. The summed E-state index contributed by atoms with van der Waals surface area (Å²) in [4.78, 5) is 13.0. The monoisotopic (exact) mass is 444 g/mol. The van der Waals surface area contributed by atoms with Crippen LogP contribution >= 0.6 is 0 Å². The quantitative estimate of drug-likeness (QED) is 0.404. The Hall–Kier alpha value is -3.85. The highest BCUT2D eigenvalue weighted by atomic mass is 32.2. The summed E-state index contributed by atoms with van der Waals surface area (Å²) in [6.07, 6.45) is 6.06. The summed E-state index contributed by atoms with van der Waals surface area (Å²) in [5.74, 6) is 0.695. The second-order valence-corrected chi connectivity index (χ2v) is 9.65. The first-order chi connectivity index (χ1) is 15.4. The number of aromatic amines is 1. The first-order valence-corrected chi connectivity index (χ1v) is 11.9. The lowest BCUT2D eigenvalue weighted by Gasteiger charge is -2.16. The Kier molecular flexibility index (Phi) is 4.82. The van der Waals surface area contributed by atoms with Crippen LogP contribution in [0.4, 0.5) is 0 Å². The number of nitrogens with one attached hydrogen (secondary N) is 2. The Morgan fingerprint density at radius 2 is 1.91 bits per heavy atom. The maximum atomic E-state index is 11.9. The topological polar surface area (TPSA) is 118 Å². The van der Waals surface area contributed by atoms with Gasteiger partial charge in [0.1, 0.15) is 22.6 Å². The molecule has 160 valence electrons. The Morgan fingerprint density at radius 1 is 1.06 bits per heavy atom. The van der Waals surface area contributed by atoms with Crippen LogP contribution in [0.5, 0.6) is 5.75 Å². The molecule has 5 rings (SSSR count). The van der Waals surface area contributed by atoms with Gasteiger partial charge in [-0.2, -0.15) is 5.10 Å². The average molecular weight is 445 g/mol. The maximum Gasteiger partial charge on any atom is 0.135 e. The Morgan fingerprint density at radius 3 is 2.69 bits per heavy atom. The lowest BCUT2D eigenvalue weighted by atomic mass is 10.1. The van der Waals surface area contributed by atoms with Gasteiger partial charge in [-0.15, -0.1) is 0 Å². The van der Waals surface area contributed by atoms with Crippen molar-refractivity contribution in [3.05, 3.63) is 72.7 Å². The second kappa shape index (κ2) is 7.69. The van der Waals surface area contributed by atoms with Crippen LogP contribution in [0.2, 0.25) is 0 Å². The lowest BCUT2D eigenvalue weighted by molar-refractivity contribution is 0.228. The highest BCUT2D eigenvalue weighted by Crippen LogP contribution is 2.32. The van der Waals surface area contributed by atoms with Gasteiger partial charge in [0.15, 0.2) is 0 Å². The molecule has 0 aliphatic carbocycles. The van der Waals surface area contributed by atoms with Gasteiger partial charge in [-0.25, -0.2) is 14.0 Å². The molecule has 2 N–H and O–H groups in total. The molecule has 0 aliphatic heterocycles. The highest BCUT2D eigenvalue weighted by Gasteiger charge is 2.15. The number of para-hydroxylation sites is 1. The fourth-order valence-electron chi connectivity index (χ4n) is 3.65. The van der Waals surface area contributed by atoms with Gasteiger partial charge in [0.2, 0.25) is 0 Å². The standard InChI is InChI=1S/C23H20N6O2S/c1-14(17-4-3-5-20-23(17)26-11-10-25-20)31-16-7-8-19-18(12-16)22(29-28-19)15-6-9-21(27-13-15)32(2,24)30/h3-14,24H,1-2H3,(H,28,29). The van der Waals surface area contributed by atoms with E-state index in [0.717, 1.165) is 33.1 Å². The summed E-state index contributed by atoms with van der Waals surface area (Å²) in [6, 6.07) is 15.0. The number of H-pyrrole nitrogens is 1. The fourth-order valence-corrected chi connectivity index (χ4v) is 4.23. The Bertz CT molecular complexity index is 1540. The molecule has 0 aliphatic rings. The molecule has 0 fully saturated rings. The van der Waals surface area contributed by atoms with Crippen molar-refractivity contribution in [2.75, 3.05) is 6.26 Å². The van der Waals surface area contributed by atoms with Gasteiger partial charge < -0.3 is 4.74 Å². The first kappa shape index (κ1) is 20.1. The number of aromatic nitrogens is 5. The van der Waals surface area contributed by atoms with Crippen molar-refractivity contribution in [2.45, 2.75) is 18.1 Å². The number of ether oxygens (including phenoxy) is 1. The molecule has 3 aromatic heterocycles. The molecule has 0 radical (unpaired) electrons. The average Bonchev–Trinajstić information content (AvgIpc) is 3.21. The number of hydrogen-bond donors (Lipinski definition) is 2. The normalized spacial score (nSPS) is 14.3. The number of benzene rings is 2. The smallest absolute Gasteiger partial charge is 0.135 e. The van der Waals surface area contributed by atoms with E-state index in [1.165, 1.54) is 6.26 Å². The Labute approximate surface area is 184 Å². The van der Waals surface area contributed by atoms with Gasteiger partial charge >= 0.3 is 0 Å². The molecule has 2 unspecified atom stereocenters. The summed E-state index contributed by atoms with van der Waals surface area (Å²) in [7, 11) is -2.86. The van der Waals surface area contributed by atoms with Crippen LogP contribution in [0.3, 0.4) is 0 Å². The van der Waals surface area contributed by atoms with Gasteiger partial charge in [-0.1, -0.05) is 12.1 Å². The van der Waals surface area contributed by atoms with Crippen molar-refractivity contribution in [1.82, 2.24) is 25.1 Å². The largest absolute Gasteiger partial charge is 0.486 e. The van der Waals surface area contributed by atoms with Crippen molar-refractivity contribution in [1.29, 1.82) is 4.78 Å². The second-order valence-electron chi connectivity index (χ2n) is 7.54. The molecule has 3 heterocycles. The number of fused-ring (bicyclic) bond motifs is 2. The van der Waals surface area contributed by atoms with E-state index in [1.807, 2.05) is 43.3 Å². The minimum Gasteiger partial charge on any atom is -0.486 e. The first-order valence-electron chi connectivity index (χ1n) is 9.95. The SMILES string of the molecule is CC(Oc1ccc2[nH]nc(-c3ccc(S(C)(=N)=O)nc3)c2c1)c1cccc2nccnc12. The molecule has 0 saturated heterocycles. The van der Waals surface area contributed by atoms with Crippen molar-refractivity contribution in [3.63, 3.8) is 0 Å². The number of nitrogens with zero attached hydrogens (tertiary/aromatic N) is 4. The molecule has 0 saturated carbocycles. The van der Waals surface area contributed by atoms with E-state index in [4.69, 9.17) is 9.52 Å². The predicted molar refractivity (Wildman–Crippen MR) is 123 cm³/mol. The molecular formula is C23H20N6O2S. The minimum atomic E-state index is -2.86. The number of rotatable bonds is 5. The van der Waals surface area contributed by atoms with Crippen LogP contribution in [0.25, 0.3) is 33.2 Å². The van der Waals surface area contributed by atoms with Crippen molar-refractivity contribution >= 4 is 31.7 Å². The van der Waals surface area contributed by atoms with Gasteiger partial charge in [0.25, 0.3) is 0 Å². The van der Waals surface area contributed by atoms with Crippen molar-refractivity contribution in [2.24, 2.45) is 0 Å². The minimum absolute atomic E-state index is 0.237. The molecule has 2 aromatic carbocycles. The lowest BCUT2D eigenvalue weighted by Crippen LogP contribution is -2.04. The fraction of sp³-hybridized carbons (Fsp3) is 0.130.